The number of hydrogen-bond donors (Lipinski definition) is 0. The van der Waals surface area contributed by atoms with E-state index in [1.54, 1.807) is 0 Å². The Morgan fingerprint density at radius 1 is 1.62 bits per heavy atom. The molecule has 0 N–H and O–H groups in total. The van der Waals surface area contributed by atoms with Gasteiger partial charge in [-0.15, -0.1) is 22.9 Å². The van der Waals surface area contributed by atoms with Crippen LogP contribution in [0.1, 0.15) is 24.5 Å². The number of amides is 1. The van der Waals surface area contributed by atoms with E-state index in [1.807, 2.05) is 24.1 Å². The molecule has 1 aromatic rings. The second-order valence-corrected chi connectivity index (χ2v) is 4.13. The van der Waals surface area contributed by atoms with Gasteiger partial charge in [0.25, 0.3) is 0 Å². The van der Waals surface area contributed by atoms with Gasteiger partial charge in [0, 0.05) is 18.5 Å². The smallest absolute Gasteiger partial charge is 0.234 e. The van der Waals surface area contributed by atoms with Crippen LogP contribution in [0, 0.1) is 0 Å². The average molecular weight is 260 g/mol. The molecule has 0 radical (unpaired) electrons. The monoisotopic (exact) mass is 259 g/mol. The van der Waals surface area contributed by atoms with E-state index >= 15 is 0 Å². The maximum atomic E-state index is 10.5. The molecule has 1 amide bonds. The first-order chi connectivity index (χ1) is 7.76. The molecule has 6 heteroatoms. The lowest BCUT2D eigenvalue weighted by Crippen LogP contribution is -2.31. The largest absolute Gasteiger partial charge is 0.355 e. The van der Waals surface area contributed by atoms with Gasteiger partial charge in [0.1, 0.15) is 0 Å². The number of nitrogens with zero attached hydrogens (tertiary/aromatic N) is 3. The van der Waals surface area contributed by atoms with Crippen molar-refractivity contribution >= 4 is 35.2 Å². The average Bonchev–Trinajstić information content (AvgIpc) is 2.77. The summed E-state index contributed by atoms with van der Waals surface area (Å²) in [6.45, 7) is 5.61. The lowest BCUT2D eigenvalue weighted by atomic mass is 10.4. The predicted octanol–water partition coefficient (Wildman–Crippen LogP) is 2.13. The van der Waals surface area contributed by atoms with Crippen molar-refractivity contribution in [3.8, 4) is 0 Å². The summed E-state index contributed by atoms with van der Waals surface area (Å²) in [6, 6.07) is 0. The van der Waals surface area contributed by atoms with Crippen molar-refractivity contribution in [1.29, 1.82) is 0 Å². The Labute approximate surface area is 104 Å². The number of hydrogen-bond acceptors (Lipinski definition) is 3. The van der Waals surface area contributed by atoms with E-state index in [2.05, 4.69) is 9.98 Å². The summed E-state index contributed by atoms with van der Waals surface area (Å²) in [7, 11) is 0. The molecule has 1 rings (SSSR count). The lowest BCUT2D eigenvalue weighted by Gasteiger charge is -2.20. The number of thiazole rings is 1. The number of carbonyl (C=O) groups is 1. The molecular weight excluding hydrogens is 246 g/mol. The second kappa shape index (κ2) is 6.60. The summed E-state index contributed by atoms with van der Waals surface area (Å²) in [5, 5.41) is 2.62. The fourth-order valence-corrected chi connectivity index (χ4v) is 2.39. The zero-order chi connectivity index (χ0) is 12.0. The molecule has 16 heavy (non-hydrogen) atoms. The molecule has 0 bridgehead atoms. The van der Waals surface area contributed by atoms with Crippen LogP contribution in [0.25, 0.3) is 0 Å². The van der Waals surface area contributed by atoms with Gasteiger partial charge in [-0.3, -0.25) is 4.79 Å². The van der Waals surface area contributed by atoms with Crippen LogP contribution in [-0.2, 0) is 10.7 Å². The first kappa shape index (κ1) is 13.1. The Morgan fingerprint density at radius 2 is 2.31 bits per heavy atom. The third-order valence-corrected chi connectivity index (χ3v) is 3.28. The zero-order valence-corrected chi connectivity index (χ0v) is 10.9. The molecular formula is C10H14ClN3OS. The molecule has 0 aliphatic rings. The minimum Gasteiger partial charge on any atom is -0.355 e. The van der Waals surface area contributed by atoms with E-state index in [0.717, 1.165) is 23.8 Å². The summed E-state index contributed by atoms with van der Waals surface area (Å²) < 4.78 is 0. The quantitative estimate of drug-likeness (QED) is 0.352. The number of amidine groups is 1. The number of aliphatic imine (C=N–C) groups is 1. The van der Waals surface area contributed by atoms with Crippen molar-refractivity contribution in [2.75, 3.05) is 13.1 Å². The Balaban J connectivity index is 3.02. The van der Waals surface area contributed by atoms with E-state index in [-0.39, 0.29) is 0 Å². The normalized spacial score (nSPS) is 11.6. The summed E-state index contributed by atoms with van der Waals surface area (Å²) in [4.78, 5) is 20.7. The second-order valence-electron chi connectivity index (χ2n) is 3.01. The van der Waals surface area contributed by atoms with Crippen molar-refractivity contribution in [3.05, 3.63) is 16.1 Å². The number of aromatic nitrogens is 1. The van der Waals surface area contributed by atoms with Crippen molar-refractivity contribution in [1.82, 2.24) is 9.88 Å². The van der Waals surface area contributed by atoms with Crippen LogP contribution in [0.3, 0.4) is 0 Å². The van der Waals surface area contributed by atoms with Gasteiger partial charge < -0.3 is 4.90 Å². The molecule has 1 aromatic heterocycles. The molecule has 88 valence electrons. The van der Waals surface area contributed by atoms with E-state index in [0.29, 0.717) is 18.1 Å². The molecule has 1 heterocycles. The van der Waals surface area contributed by atoms with Gasteiger partial charge in [-0.1, -0.05) is 0 Å². The Morgan fingerprint density at radius 3 is 2.75 bits per heavy atom. The van der Waals surface area contributed by atoms with Gasteiger partial charge in [0.15, 0.2) is 10.8 Å². The van der Waals surface area contributed by atoms with E-state index < -0.39 is 0 Å². The number of alkyl halides is 1. The minimum atomic E-state index is 0.378. The van der Waals surface area contributed by atoms with Crippen molar-refractivity contribution in [2.24, 2.45) is 4.99 Å². The Hall–Kier alpha value is -0.940. The van der Waals surface area contributed by atoms with Gasteiger partial charge in [-0.05, 0) is 13.8 Å². The van der Waals surface area contributed by atoms with Gasteiger partial charge >= 0.3 is 0 Å². The maximum Gasteiger partial charge on any atom is 0.234 e. The molecule has 0 atom stereocenters. The molecule has 4 nitrogen and oxygen atoms in total. The fourth-order valence-electron chi connectivity index (χ4n) is 1.32. The Kier molecular flexibility index (Phi) is 5.42. The van der Waals surface area contributed by atoms with Crippen LogP contribution in [0.5, 0.6) is 0 Å². The summed E-state index contributed by atoms with van der Waals surface area (Å²) >= 11 is 7.14. The van der Waals surface area contributed by atoms with Gasteiger partial charge in [0.05, 0.1) is 11.6 Å². The molecule has 0 aliphatic carbocycles. The predicted molar refractivity (Wildman–Crippen MR) is 67.2 cm³/mol. The van der Waals surface area contributed by atoms with Gasteiger partial charge in [0.2, 0.25) is 6.41 Å². The number of carbonyl (C=O) groups excluding carboxylic acids is 1. The molecule has 0 fully saturated rings. The third kappa shape index (κ3) is 3.02. The lowest BCUT2D eigenvalue weighted by molar-refractivity contribution is -0.106. The molecule has 0 spiro atoms. The molecule has 0 saturated heterocycles. The number of rotatable bonds is 5. The van der Waals surface area contributed by atoms with Gasteiger partial charge in [-0.2, -0.15) is 4.99 Å². The van der Waals surface area contributed by atoms with Gasteiger partial charge in [-0.25, -0.2) is 4.98 Å². The zero-order valence-electron chi connectivity index (χ0n) is 9.31. The molecule has 0 aliphatic heterocycles. The third-order valence-electron chi connectivity index (χ3n) is 2.12. The standard InChI is InChI=1S/C10H14ClN3OS/c1-3-14(4-2)9(12-7-15)10-13-8(5-11)6-16-10/h6-7H,3-5H2,1-2H3. The highest BCUT2D eigenvalue weighted by Crippen LogP contribution is 2.14. The van der Waals surface area contributed by atoms with Crippen LogP contribution in [-0.4, -0.2) is 35.2 Å². The fraction of sp³-hybridized carbons (Fsp3) is 0.500. The van der Waals surface area contributed by atoms with Crippen LogP contribution in [0.2, 0.25) is 0 Å². The SMILES string of the molecule is CCN(CC)C(=NC=O)c1nc(CCl)cs1. The highest BCUT2D eigenvalue weighted by Gasteiger charge is 2.14. The van der Waals surface area contributed by atoms with Crippen LogP contribution in [0.4, 0.5) is 0 Å². The molecule has 0 saturated carbocycles. The molecule has 0 unspecified atom stereocenters. The first-order valence-corrected chi connectivity index (χ1v) is 6.45. The summed E-state index contributed by atoms with van der Waals surface area (Å²) in [5.74, 6) is 1.00. The van der Waals surface area contributed by atoms with Crippen molar-refractivity contribution in [3.63, 3.8) is 0 Å². The first-order valence-electron chi connectivity index (χ1n) is 5.03. The van der Waals surface area contributed by atoms with Crippen molar-refractivity contribution in [2.45, 2.75) is 19.7 Å². The number of halogens is 1. The van der Waals surface area contributed by atoms with Crippen LogP contribution in [0.15, 0.2) is 10.4 Å². The van der Waals surface area contributed by atoms with E-state index in [1.165, 1.54) is 11.3 Å². The van der Waals surface area contributed by atoms with Crippen molar-refractivity contribution < 1.29 is 4.79 Å². The highest BCUT2D eigenvalue weighted by molar-refractivity contribution is 7.11. The van der Waals surface area contributed by atoms with Crippen LogP contribution < -0.4 is 0 Å². The van der Waals surface area contributed by atoms with E-state index in [9.17, 15) is 4.79 Å². The minimum absolute atomic E-state index is 0.378. The molecule has 0 aromatic carbocycles. The Bertz CT molecular complexity index is 374. The highest BCUT2D eigenvalue weighted by atomic mass is 35.5. The topological polar surface area (TPSA) is 45.6 Å². The van der Waals surface area contributed by atoms with E-state index in [4.69, 9.17) is 11.6 Å². The van der Waals surface area contributed by atoms with Crippen LogP contribution >= 0.6 is 22.9 Å². The summed E-state index contributed by atoms with van der Waals surface area (Å²) in [5.41, 5.74) is 0.812. The summed E-state index contributed by atoms with van der Waals surface area (Å²) in [6.07, 6.45) is 0.551. The maximum absolute atomic E-state index is 10.5.